The molecular weight excluding hydrogens is 276 g/mol. The Morgan fingerprint density at radius 2 is 2.00 bits per heavy atom. The van der Waals surface area contributed by atoms with E-state index in [1.54, 1.807) is 18.2 Å². The lowest BCUT2D eigenvalue weighted by Crippen LogP contribution is -2.10. The molecule has 0 heterocycles. The molecule has 0 unspecified atom stereocenters. The van der Waals surface area contributed by atoms with Crippen molar-refractivity contribution in [1.29, 1.82) is 0 Å². The van der Waals surface area contributed by atoms with Gasteiger partial charge in [-0.1, -0.05) is 6.07 Å². The van der Waals surface area contributed by atoms with Crippen LogP contribution in [0.4, 0.5) is 0 Å². The van der Waals surface area contributed by atoms with Crippen LogP contribution in [-0.2, 0) is 9.53 Å². The standard InChI is InChI=1S/C11H11BrO4/c1-15-9-5-3-4-7(11(9)12)8(13)6-10(14)16-2/h3-5H,6H2,1-2H3. The van der Waals surface area contributed by atoms with E-state index in [4.69, 9.17) is 4.74 Å². The fourth-order valence-corrected chi connectivity index (χ4v) is 1.83. The maximum absolute atomic E-state index is 11.7. The summed E-state index contributed by atoms with van der Waals surface area (Å²) in [6, 6.07) is 5.03. The minimum atomic E-state index is -0.556. The second kappa shape index (κ2) is 5.65. The van der Waals surface area contributed by atoms with Crippen molar-refractivity contribution in [3.05, 3.63) is 28.2 Å². The molecule has 16 heavy (non-hydrogen) atoms. The first-order valence-corrected chi connectivity index (χ1v) is 5.32. The van der Waals surface area contributed by atoms with Gasteiger partial charge in [-0.3, -0.25) is 9.59 Å². The molecule has 1 rings (SSSR count). The summed E-state index contributed by atoms with van der Waals surface area (Å²) in [5, 5.41) is 0. The van der Waals surface area contributed by atoms with E-state index in [0.29, 0.717) is 15.8 Å². The van der Waals surface area contributed by atoms with E-state index >= 15 is 0 Å². The summed E-state index contributed by atoms with van der Waals surface area (Å²) in [7, 11) is 2.75. The lowest BCUT2D eigenvalue weighted by atomic mass is 10.1. The molecule has 0 spiro atoms. The fraction of sp³-hybridized carbons (Fsp3) is 0.273. The Hall–Kier alpha value is -1.36. The van der Waals surface area contributed by atoms with Crippen LogP contribution in [0.5, 0.6) is 5.75 Å². The summed E-state index contributed by atoms with van der Waals surface area (Å²) in [5.41, 5.74) is 0.407. The van der Waals surface area contributed by atoms with Gasteiger partial charge in [0.25, 0.3) is 0 Å². The zero-order valence-corrected chi connectivity index (χ0v) is 10.5. The van der Waals surface area contributed by atoms with E-state index in [1.165, 1.54) is 14.2 Å². The zero-order valence-electron chi connectivity index (χ0n) is 8.95. The third kappa shape index (κ3) is 2.82. The highest BCUT2D eigenvalue weighted by molar-refractivity contribution is 9.10. The van der Waals surface area contributed by atoms with Crippen molar-refractivity contribution in [2.24, 2.45) is 0 Å². The van der Waals surface area contributed by atoms with Gasteiger partial charge in [0.2, 0.25) is 0 Å². The number of hydrogen-bond donors (Lipinski definition) is 0. The average molecular weight is 287 g/mol. The van der Waals surface area contributed by atoms with Crippen molar-refractivity contribution in [3.8, 4) is 5.75 Å². The van der Waals surface area contributed by atoms with Crippen LogP contribution in [0.25, 0.3) is 0 Å². The first kappa shape index (κ1) is 12.7. The number of benzene rings is 1. The molecule has 0 aliphatic heterocycles. The predicted molar refractivity (Wildman–Crippen MR) is 61.7 cm³/mol. The Kier molecular flexibility index (Phi) is 4.49. The van der Waals surface area contributed by atoms with Gasteiger partial charge in [-0.2, -0.15) is 0 Å². The predicted octanol–water partition coefficient (Wildman–Crippen LogP) is 2.20. The second-order valence-corrected chi connectivity index (χ2v) is 3.79. The number of ketones is 1. The van der Waals surface area contributed by atoms with Crippen LogP contribution in [0.3, 0.4) is 0 Å². The molecule has 0 saturated heterocycles. The van der Waals surface area contributed by atoms with Crippen LogP contribution in [0.2, 0.25) is 0 Å². The monoisotopic (exact) mass is 286 g/mol. The summed E-state index contributed by atoms with van der Waals surface area (Å²) in [6.07, 6.45) is -0.276. The van der Waals surface area contributed by atoms with E-state index < -0.39 is 5.97 Å². The van der Waals surface area contributed by atoms with Crippen molar-refractivity contribution in [1.82, 2.24) is 0 Å². The number of hydrogen-bond acceptors (Lipinski definition) is 4. The molecule has 1 aromatic carbocycles. The van der Waals surface area contributed by atoms with Gasteiger partial charge in [0.15, 0.2) is 5.78 Å². The van der Waals surface area contributed by atoms with Crippen LogP contribution >= 0.6 is 15.9 Å². The summed E-state index contributed by atoms with van der Waals surface area (Å²) in [6.45, 7) is 0. The minimum Gasteiger partial charge on any atom is -0.496 e. The molecule has 5 heteroatoms. The number of ether oxygens (including phenoxy) is 2. The van der Waals surface area contributed by atoms with Gasteiger partial charge < -0.3 is 9.47 Å². The Bertz CT molecular complexity index is 414. The molecule has 0 fully saturated rings. The molecule has 0 saturated carbocycles. The summed E-state index contributed by atoms with van der Waals surface area (Å²) in [5.74, 6) is -0.312. The maximum atomic E-state index is 11.7. The molecule has 0 atom stereocenters. The molecule has 0 aromatic heterocycles. The first-order valence-electron chi connectivity index (χ1n) is 4.52. The van der Waals surface area contributed by atoms with Gasteiger partial charge in [0.05, 0.1) is 18.7 Å². The highest BCUT2D eigenvalue weighted by atomic mass is 79.9. The van der Waals surface area contributed by atoms with Crippen molar-refractivity contribution >= 4 is 27.7 Å². The maximum Gasteiger partial charge on any atom is 0.313 e. The lowest BCUT2D eigenvalue weighted by Gasteiger charge is -2.07. The number of carbonyl (C=O) groups excluding carboxylic acids is 2. The number of methoxy groups -OCH3 is 2. The molecule has 0 N–H and O–H groups in total. The molecule has 0 bridgehead atoms. The Morgan fingerprint density at radius 3 is 2.56 bits per heavy atom. The molecule has 0 aliphatic rings. The Balaban J connectivity index is 2.96. The second-order valence-electron chi connectivity index (χ2n) is 3.00. The normalized spacial score (nSPS) is 9.69. The minimum absolute atomic E-state index is 0.276. The number of rotatable bonds is 4. The van der Waals surface area contributed by atoms with Gasteiger partial charge in [-0.25, -0.2) is 0 Å². The molecular formula is C11H11BrO4. The van der Waals surface area contributed by atoms with Gasteiger partial charge >= 0.3 is 5.97 Å². The van der Waals surface area contributed by atoms with Gasteiger partial charge in [0.1, 0.15) is 12.2 Å². The highest BCUT2D eigenvalue weighted by Gasteiger charge is 2.16. The third-order valence-electron chi connectivity index (χ3n) is 2.02. The van der Waals surface area contributed by atoms with E-state index in [-0.39, 0.29) is 12.2 Å². The van der Waals surface area contributed by atoms with Crippen LogP contribution in [-0.4, -0.2) is 26.0 Å². The van der Waals surface area contributed by atoms with Crippen molar-refractivity contribution in [3.63, 3.8) is 0 Å². The van der Waals surface area contributed by atoms with E-state index in [2.05, 4.69) is 20.7 Å². The van der Waals surface area contributed by atoms with Gasteiger partial charge in [-0.15, -0.1) is 0 Å². The summed E-state index contributed by atoms with van der Waals surface area (Å²) < 4.78 is 10.0. The van der Waals surface area contributed by atoms with Gasteiger partial charge in [-0.05, 0) is 28.1 Å². The summed E-state index contributed by atoms with van der Waals surface area (Å²) >= 11 is 3.26. The number of halogens is 1. The topological polar surface area (TPSA) is 52.6 Å². The largest absolute Gasteiger partial charge is 0.496 e. The first-order chi connectivity index (χ1) is 7.60. The average Bonchev–Trinajstić information content (AvgIpc) is 2.29. The van der Waals surface area contributed by atoms with E-state index in [0.717, 1.165) is 0 Å². The quantitative estimate of drug-likeness (QED) is 0.484. The fourth-order valence-electron chi connectivity index (χ4n) is 1.18. The van der Waals surface area contributed by atoms with Crippen LogP contribution in [0, 0.1) is 0 Å². The van der Waals surface area contributed by atoms with Crippen LogP contribution in [0.15, 0.2) is 22.7 Å². The van der Waals surface area contributed by atoms with Crippen molar-refractivity contribution in [2.45, 2.75) is 6.42 Å². The van der Waals surface area contributed by atoms with Crippen molar-refractivity contribution < 1.29 is 19.1 Å². The van der Waals surface area contributed by atoms with Crippen LogP contribution in [0.1, 0.15) is 16.8 Å². The zero-order chi connectivity index (χ0) is 12.1. The number of carbonyl (C=O) groups is 2. The smallest absolute Gasteiger partial charge is 0.313 e. The molecule has 0 radical (unpaired) electrons. The lowest BCUT2D eigenvalue weighted by molar-refractivity contribution is -0.139. The Morgan fingerprint density at radius 1 is 1.31 bits per heavy atom. The molecule has 4 nitrogen and oxygen atoms in total. The number of Topliss-reactive ketones (excluding diaryl/α,β-unsaturated/α-hetero) is 1. The molecule has 0 aliphatic carbocycles. The summed E-state index contributed by atoms with van der Waals surface area (Å²) in [4.78, 5) is 22.7. The molecule has 0 amide bonds. The number of esters is 1. The van der Waals surface area contributed by atoms with Crippen LogP contribution < -0.4 is 4.74 Å². The van der Waals surface area contributed by atoms with Gasteiger partial charge in [0, 0.05) is 5.56 Å². The molecule has 86 valence electrons. The SMILES string of the molecule is COC(=O)CC(=O)c1cccc(OC)c1Br. The highest BCUT2D eigenvalue weighted by Crippen LogP contribution is 2.29. The van der Waals surface area contributed by atoms with E-state index in [9.17, 15) is 9.59 Å². The third-order valence-corrected chi connectivity index (χ3v) is 2.83. The van der Waals surface area contributed by atoms with E-state index in [1.807, 2.05) is 0 Å². The van der Waals surface area contributed by atoms with Crippen molar-refractivity contribution in [2.75, 3.05) is 14.2 Å². The molecule has 1 aromatic rings. The Labute approximate surface area is 102 Å².